The second-order valence-electron chi connectivity index (χ2n) is 4.05. The van der Waals surface area contributed by atoms with E-state index in [9.17, 15) is 4.79 Å². The van der Waals surface area contributed by atoms with Gasteiger partial charge in [-0.15, -0.1) is 0 Å². The largest absolute Gasteiger partial charge is 0.397 e. The van der Waals surface area contributed by atoms with Crippen molar-refractivity contribution in [3.05, 3.63) is 35.9 Å². The summed E-state index contributed by atoms with van der Waals surface area (Å²) in [7, 11) is 0. The smallest absolute Gasteiger partial charge is 0.224 e. The summed E-state index contributed by atoms with van der Waals surface area (Å²) in [6.07, 6.45) is 4.19. The molecule has 6 nitrogen and oxygen atoms in total. The van der Waals surface area contributed by atoms with Crippen molar-refractivity contribution in [2.45, 2.75) is 19.4 Å². The number of carbonyl (C=O) groups is 1. The van der Waals surface area contributed by atoms with Gasteiger partial charge in [-0.05, 0) is 24.6 Å². The molecule has 2 rings (SSSR count). The van der Waals surface area contributed by atoms with E-state index in [1.165, 1.54) is 6.33 Å². The Bertz CT molecular complexity index is 555. The van der Waals surface area contributed by atoms with Gasteiger partial charge in [-0.3, -0.25) is 9.48 Å². The van der Waals surface area contributed by atoms with Gasteiger partial charge in [0.15, 0.2) is 0 Å². The van der Waals surface area contributed by atoms with E-state index in [4.69, 9.17) is 17.3 Å². The summed E-state index contributed by atoms with van der Waals surface area (Å²) in [5, 5.41) is 7.20. The molecule has 0 aliphatic rings. The lowest BCUT2D eigenvalue weighted by molar-refractivity contribution is -0.116. The number of aromatic nitrogens is 3. The van der Waals surface area contributed by atoms with E-state index in [0.29, 0.717) is 35.8 Å². The molecule has 1 aromatic carbocycles. The number of rotatable bonds is 5. The Morgan fingerprint density at radius 1 is 1.47 bits per heavy atom. The number of anilines is 2. The summed E-state index contributed by atoms with van der Waals surface area (Å²) in [5.41, 5.74) is 6.75. The summed E-state index contributed by atoms with van der Waals surface area (Å²) in [6, 6.07) is 5.01. The standard InChI is InChI=1S/C12H14ClN5O/c13-10-4-3-9(6-11(10)14)17-12(19)2-1-5-18-8-15-7-16-18/h3-4,6-8H,1-2,5,14H2,(H,17,19). The number of nitrogens with one attached hydrogen (secondary N) is 1. The van der Waals surface area contributed by atoms with Crippen molar-refractivity contribution < 1.29 is 4.79 Å². The van der Waals surface area contributed by atoms with Crippen LogP contribution in [0.5, 0.6) is 0 Å². The van der Waals surface area contributed by atoms with E-state index in [1.807, 2.05) is 0 Å². The minimum absolute atomic E-state index is 0.0677. The molecule has 0 saturated carbocycles. The third-order valence-corrected chi connectivity index (χ3v) is 2.88. The van der Waals surface area contributed by atoms with Crippen molar-refractivity contribution in [3.63, 3.8) is 0 Å². The van der Waals surface area contributed by atoms with Crippen LogP contribution in [0.1, 0.15) is 12.8 Å². The van der Waals surface area contributed by atoms with Crippen molar-refractivity contribution in [1.29, 1.82) is 0 Å². The molecule has 2 aromatic rings. The molecule has 0 aliphatic heterocycles. The highest BCUT2D eigenvalue weighted by atomic mass is 35.5. The van der Waals surface area contributed by atoms with Crippen LogP contribution in [-0.4, -0.2) is 20.7 Å². The highest BCUT2D eigenvalue weighted by molar-refractivity contribution is 6.33. The molecular weight excluding hydrogens is 266 g/mol. The molecule has 1 heterocycles. The molecule has 0 aliphatic carbocycles. The third-order valence-electron chi connectivity index (χ3n) is 2.54. The van der Waals surface area contributed by atoms with Crippen LogP contribution in [0.2, 0.25) is 5.02 Å². The molecule has 0 saturated heterocycles. The van der Waals surface area contributed by atoms with Crippen molar-refractivity contribution in [3.8, 4) is 0 Å². The Morgan fingerprint density at radius 3 is 3.00 bits per heavy atom. The lowest BCUT2D eigenvalue weighted by atomic mass is 10.2. The first-order valence-electron chi connectivity index (χ1n) is 5.82. The minimum atomic E-state index is -0.0677. The lowest BCUT2D eigenvalue weighted by Crippen LogP contribution is -2.12. The fourth-order valence-corrected chi connectivity index (χ4v) is 1.71. The van der Waals surface area contributed by atoms with Crippen molar-refractivity contribution in [2.24, 2.45) is 0 Å². The maximum absolute atomic E-state index is 11.7. The molecule has 0 bridgehead atoms. The van der Waals surface area contributed by atoms with Crippen molar-refractivity contribution in [1.82, 2.24) is 14.8 Å². The maximum Gasteiger partial charge on any atom is 0.224 e. The maximum atomic E-state index is 11.7. The van der Waals surface area contributed by atoms with Gasteiger partial charge in [0.25, 0.3) is 0 Å². The number of halogens is 1. The second-order valence-corrected chi connectivity index (χ2v) is 4.45. The number of carbonyl (C=O) groups excluding carboxylic acids is 1. The number of hydrogen-bond donors (Lipinski definition) is 2. The van der Waals surface area contributed by atoms with Crippen LogP contribution in [0, 0.1) is 0 Å². The van der Waals surface area contributed by atoms with E-state index < -0.39 is 0 Å². The second kappa shape index (κ2) is 6.19. The van der Waals surface area contributed by atoms with Crippen molar-refractivity contribution >= 4 is 28.9 Å². The highest BCUT2D eigenvalue weighted by Crippen LogP contribution is 2.22. The Kier molecular flexibility index (Phi) is 4.35. The number of benzene rings is 1. The van der Waals surface area contributed by atoms with Crippen LogP contribution >= 0.6 is 11.6 Å². The molecule has 7 heteroatoms. The molecule has 0 unspecified atom stereocenters. The molecular formula is C12H14ClN5O. The van der Waals surface area contributed by atoms with Crippen molar-refractivity contribution in [2.75, 3.05) is 11.1 Å². The summed E-state index contributed by atoms with van der Waals surface area (Å²) < 4.78 is 1.69. The fraction of sp³-hybridized carbons (Fsp3) is 0.250. The zero-order chi connectivity index (χ0) is 13.7. The molecule has 0 radical (unpaired) electrons. The fourth-order valence-electron chi connectivity index (χ4n) is 1.59. The summed E-state index contributed by atoms with van der Waals surface area (Å²) >= 11 is 5.80. The molecule has 1 amide bonds. The Hall–Kier alpha value is -2.08. The monoisotopic (exact) mass is 279 g/mol. The van der Waals surface area contributed by atoms with Crippen LogP contribution in [0.25, 0.3) is 0 Å². The third kappa shape index (κ3) is 3.96. The number of aryl methyl sites for hydroxylation is 1. The van der Waals surface area contributed by atoms with E-state index in [1.54, 1.807) is 29.2 Å². The van der Waals surface area contributed by atoms with Gasteiger partial charge in [0.2, 0.25) is 5.91 Å². The Balaban J connectivity index is 1.79. The first-order valence-corrected chi connectivity index (χ1v) is 6.20. The number of hydrogen-bond acceptors (Lipinski definition) is 4. The number of nitrogen functional groups attached to an aromatic ring is 1. The number of nitrogens with zero attached hydrogens (tertiary/aromatic N) is 3. The lowest BCUT2D eigenvalue weighted by Gasteiger charge is -2.07. The van der Waals surface area contributed by atoms with Gasteiger partial charge in [0.1, 0.15) is 12.7 Å². The summed E-state index contributed by atoms with van der Waals surface area (Å²) in [6.45, 7) is 0.663. The highest BCUT2D eigenvalue weighted by Gasteiger charge is 2.04. The van der Waals surface area contributed by atoms with Gasteiger partial charge >= 0.3 is 0 Å². The average Bonchev–Trinajstić information content (AvgIpc) is 2.87. The zero-order valence-corrected chi connectivity index (χ0v) is 11.0. The SMILES string of the molecule is Nc1cc(NC(=O)CCCn2cncn2)ccc1Cl. The van der Waals surface area contributed by atoms with Crippen LogP contribution < -0.4 is 11.1 Å². The molecule has 0 spiro atoms. The number of nitrogens with two attached hydrogens (primary N) is 1. The molecule has 100 valence electrons. The van der Waals surface area contributed by atoms with E-state index in [0.717, 1.165) is 0 Å². The Morgan fingerprint density at radius 2 is 2.32 bits per heavy atom. The van der Waals surface area contributed by atoms with Crippen LogP contribution in [0.15, 0.2) is 30.9 Å². The van der Waals surface area contributed by atoms with Gasteiger partial charge in [-0.1, -0.05) is 11.6 Å². The normalized spacial score (nSPS) is 10.4. The first-order chi connectivity index (χ1) is 9.15. The van der Waals surface area contributed by atoms with E-state index in [2.05, 4.69) is 15.4 Å². The minimum Gasteiger partial charge on any atom is -0.397 e. The van der Waals surface area contributed by atoms with Gasteiger partial charge in [-0.25, -0.2) is 4.98 Å². The molecule has 3 N–H and O–H groups in total. The van der Waals surface area contributed by atoms with Gasteiger partial charge in [-0.2, -0.15) is 5.10 Å². The van der Waals surface area contributed by atoms with Gasteiger partial charge in [0.05, 0.1) is 10.7 Å². The summed E-state index contributed by atoms with van der Waals surface area (Å²) in [5.74, 6) is -0.0677. The van der Waals surface area contributed by atoms with Crippen LogP contribution in [0.4, 0.5) is 11.4 Å². The predicted molar refractivity (Wildman–Crippen MR) is 73.8 cm³/mol. The quantitative estimate of drug-likeness (QED) is 0.819. The van der Waals surface area contributed by atoms with Crippen LogP contribution in [0.3, 0.4) is 0 Å². The van der Waals surface area contributed by atoms with Crippen LogP contribution in [-0.2, 0) is 11.3 Å². The van der Waals surface area contributed by atoms with E-state index in [-0.39, 0.29) is 5.91 Å². The zero-order valence-electron chi connectivity index (χ0n) is 10.2. The molecule has 0 atom stereocenters. The van der Waals surface area contributed by atoms with E-state index >= 15 is 0 Å². The van der Waals surface area contributed by atoms with Gasteiger partial charge < -0.3 is 11.1 Å². The predicted octanol–water partition coefficient (Wildman–Crippen LogP) is 1.93. The number of amides is 1. The molecule has 19 heavy (non-hydrogen) atoms. The van der Waals surface area contributed by atoms with Gasteiger partial charge in [0, 0.05) is 18.7 Å². The first kappa shape index (κ1) is 13.4. The summed E-state index contributed by atoms with van der Waals surface area (Å²) in [4.78, 5) is 15.5. The molecule has 0 fully saturated rings. The topological polar surface area (TPSA) is 85.8 Å². The average molecular weight is 280 g/mol. The molecule has 1 aromatic heterocycles. The Labute approximate surface area is 115 Å².